The maximum Gasteiger partial charge on any atom is 0.254 e. The van der Waals surface area contributed by atoms with E-state index in [2.05, 4.69) is 4.98 Å². The van der Waals surface area contributed by atoms with E-state index in [4.69, 9.17) is 4.98 Å². The standard InChI is InChI=1S/C19H17N3OS/c23-19(22-9-11-24-12-10-22)15-13-18(17-7-3-4-8-20-17)21-16-6-2-1-5-14(15)16/h1-8,13H,9-12H2. The third-order valence-corrected chi connectivity index (χ3v) is 5.11. The van der Waals surface area contributed by atoms with Crippen LogP contribution in [0.3, 0.4) is 0 Å². The normalized spacial score (nSPS) is 14.8. The molecule has 5 heteroatoms. The van der Waals surface area contributed by atoms with Crippen LogP contribution in [0.15, 0.2) is 54.7 Å². The van der Waals surface area contributed by atoms with Gasteiger partial charge in [-0.15, -0.1) is 0 Å². The lowest BCUT2D eigenvalue weighted by Crippen LogP contribution is -2.38. The summed E-state index contributed by atoms with van der Waals surface area (Å²) in [5, 5.41) is 0.903. The van der Waals surface area contributed by atoms with Crippen LogP contribution in [0.25, 0.3) is 22.3 Å². The summed E-state index contributed by atoms with van der Waals surface area (Å²) in [6.45, 7) is 1.61. The van der Waals surface area contributed by atoms with Gasteiger partial charge in [-0.2, -0.15) is 11.8 Å². The molecule has 0 atom stereocenters. The van der Waals surface area contributed by atoms with Crippen LogP contribution in [-0.4, -0.2) is 45.4 Å². The molecule has 0 aliphatic carbocycles. The smallest absolute Gasteiger partial charge is 0.254 e. The minimum absolute atomic E-state index is 0.0890. The number of hydrogen-bond acceptors (Lipinski definition) is 4. The Labute approximate surface area is 144 Å². The van der Waals surface area contributed by atoms with Crippen LogP contribution in [0.2, 0.25) is 0 Å². The maximum absolute atomic E-state index is 13.1. The Hall–Kier alpha value is -2.40. The molecule has 0 saturated carbocycles. The summed E-state index contributed by atoms with van der Waals surface area (Å²) in [5.74, 6) is 2.09. The summed E-state index contributed by atoms with van der Waals surface area (Å²) in [4.78, 5) is 24.1. The van der Waals surface area contributed by atoms with Crippen molar-refractivity contribution in [3.8, 4) is 11.4 Å². The molecule has 24 heavy (non-hydrogen) atoms. The van der Waals surface area contributed by atoms with Crippen molar-refractivity contribution in [1.82, 2.24) is 14.9 Å². The van der Waals surface area contributed by atoms with Gasteiger partial charge in [-0.1, -0.05) is 24.3 Å². The molecule has 0 N–H and O–H groups in total. The molecule has 1 aromatic carbocycles. The molecule has 3 heterocycles. The topological polar surface area (TPSA) is 46.1 Å². The van der Waals surface area contributed by atoms with Crippen molar-refractivity contribution in [2.24, 2.45) is 0 Å². The number of thioether (sulfide) groups is 1. The van der Waals surface area contributed by atoms with Gasteiger partial charge in [0.05, 0.1) is 22.5 Å². The predicted molar refractivity (Wildman–Crippen MR) is 98.2 cm³/mol. The fourth-order valence-corrected chi connectivity index (χ4v) is 3.84. The Balaban J connectivity index is 1.85. The van der Waals surface area contributed by atoms with Crippen LogP contribution in [0.1, 0.15) is 10.4 Å². The Morgan fingerprint density at radius 2 is 1.79 bits per heavy atom. The van der Waals surface area contributed by atoms with E-state index < -0.39 is 0 Å². The Kier molecular flexibility index (Phi) is 4.17. The van der Waals surface area contributed by atoms with E-state index in [1.54, 1.807) is 6.20 Å². The van der Waals surface area contributed by atoms with Crippen LogP contribution in [0, 0.1) is 0 Å². The average Bonchev–Trinajstić information content (AvgIpc) is 2.68. The monoisotopic (exact) mass is 335 g/mol. The molecule has 4 rings (SSSR count). The van der Waals surface area contributed by atoms with Crippen LogP contribution in [0.5, 0.6) is 0 Å². The highest BCUT2D eigenvalue weighted by molar-refractivity contribution is 7.99. The van der Waals surface area contributed by atoms with Gasteiger partial charge in [0.1, 0.15) is 0 Å². The maximum atomic E-state index is 13.1. The van der Waals surface area contributed by atoms with Gasteiger partial charge in [-0.05, 0) is 24.3 Å². The number of hydrogen-bond donors (Lipinski definition) is 0. The summed E-state index contributed by atoms with van der Waals surface area (Å²) in [6.07, 6.45) is 1.75. The number of carbonyl (C=O) groups excluding carboxylic acids is 1. The number of aromatic nitrogens is 2. The first-order valence-electron chi connectivity index (χ1n) is 8.01. The van der Waals surface area contributed by atoms with E-state index in [1.807, 2.05) is 65.2 Å². The molecule has 2 aromatic heterocycles. The molecule has 1 saturated heterocycles. The molecule has 1 aliphatic rings. The predicted octanol–water partition coefficient (Wildman–Crippen LogP) is 3.49. The summed E-state index contributed by atoms with van der Waals surface area (Å²) >= 11 is 1.90. The van der Waals surface area contributed by atoms with E-state index in [9.17, 15) is 4.79 Å². The highest BCUT2D eigenvalue weighted by atomic mass is 32.2. The Bertz CT molecular complexity index is 876. The van der Waals surface area contributed by atoms with Gasteiger partial charge in [0.15, 0.2) is 0 Å². The summed E-state index contributed by atoms with van der Waals surface area (Å²) in [6, 6.07) is 15.4. The van der Waals surface area contributed by atoms with Gasteiger partial charge in [0.2, 0.25) is 0 Å². The number of benzene rings is 1. The van der Waals surface area contributed by atoms with E-state index in [0.29, 0.717) is 5.56 Å². The lowest BCUT2D eigenvalue weighted by molar-refractivity contribution is 0.0774. The summed E-state index contributed by atoms with van der Waals surface area (Å²) in [7, 11) is 0. The van der Waals surface area contributed by atoms with Crippen LogP contribution >= 0.6 is 11.8 Å². The molecule has 1 aliphatic heterocycles. The van der Waals surface area contributed by atoms with Gasteiger partial charge in [0.25, 0.3) is 5.91 Å². The molecule has 4 nitrogen and oxygen atoms in total. The zero-order chi connectivity index (χ0) is 16.4. The number of pyridine rings is 2. The number of carbonyl (C=O) groups is 1. The Morgan fingerprint density at radius 1 is 1.00 bits per heavy atom. The zero-order valence-electron chi connectivity index (χ0n) is 13.2. The minimum atomic E-state index is 0.0890. The summed E-state index contributed by atoms with van der Waals surface area (Å²) in [5.41, 5.74) is 3.07. The lowest BCUT2D eigenvalue weighted by atomic mass is 10.0. The first-order chi connectivity index (χ1) is 11.8. The number of para-hydroxylation sites is 1. The molecular formula is C19H17N3OS. The summed E-state index contributed by atoms with van der Waals surface area (Å²) < 4.78 is 0. The van der Waals surface area contributed by atoms with Crippen molar-refractivity contribution in [1.29, 1.82) is 0 Å². The van der Waals surface area contributed by atoms with Crippen LogP contribution < -0.4 is 0 Å². The molecular weight excluding hydrogens is 318 g/mol. The van der Waals surface area contributed by atoms with Crippen molar-refractivity contribution in [2.75, 3.05) is 24.6 Å². The highest BCUT2D eigenvalue weighted by Crippen LogP contribution is 2.25. The molecule has 0 unspecified atom stereocenters. The van der Waals surface area contributed by atoms with Crippen molar-refractivity contribution in [3.63, 3.8) is 0 Å². The number of amides is 1. The minimum Gasteiger partial charge on any atom is -0.337 e. The largest absolute Gasteiger partial charge is 0.337 e. The molecule has 1 fully saturated rings. The number of nitrogens with zero attached hydrogens (tertiary/aromatic N) is 3. The van der Waals surface area contributed by atoms with Crippen molar-refractivity contribution >= 4 is 28.6 Å². The number of fused-ring (bicyclic) bond motifs is 1. The quantitative estimate of drug-likeness (QED) is 0.719. The fraction of sp³-hybridized carbons (Fsp3) is 0.211. The Morgan fingerprint density at radius 3 is 2.58 bits per heavy atom. The second-order valence-electron chi connectivity index (χ2n) is 5.69. The van der Waals surface area contributed by atoms with Crippen LogP contribution in [-0.2, 0) is 0 Å². The SMILES string of the molecule is O=C(c1cc(-c2ccccn2)nc2ccccc12)N1CCSCC1. The molecule has 0 spiro atoms. The first kappa shape index (κ1) is 15.1. The average molecular weight is 335 g/mol. The van der Waals surface area contributed by atoms with Gasteiger partial charge in [-0.3, -0.25) is 9.78 Å². The van der Waals surface area contributed by atoms with E-state index in [0.717, 1.165) is 46.9 Å². The highest BCUT2D eigenvalue weighted by Gasteiger charge is 2.21. The molecule has 0 bridgehead atoms. The molecule has 3 aromatic rings. The van der Waals surface area contributed by atoms with Crippen molar-refractivity contribution in [3.05, 3.63) is 60.3 Å². The molecule has 0 radical (unpaired) electrons. The molecule has 120 valence electrons. The van der Waals surface area contributed by atoms with E-state index >= 15 is 0 Å². The van der Waals surface area contributed by atoms with Gasteiger partial charge < -0.3 is 4.90 Å². The van der Waals surface area contributed by atoms with Crippen LogP contribution in [0.4, 0.5) is 0 Å². The van der Waals surface area contributed by atoms with E-state index in [-0.39, 0.29) is 5.91 Å². The van der Waals surface area contributed by atoms with Gasteiger partial charge >= 0.3 is 0 Å². The van der Waals surface area contributed by atoms with Crippen molar-refractivity contribution < 1.29 is 4.79 Å². The second-order valence-corrected chi connectivity index (χ2v) is 6.92. The third-order valence-electron chi connectivity index (χ3n) is 4.17. The van der Waals surface area contributed by atoms with Gasteiger partial charge in [-0.25, -0.2) is 4.98 Å². The van der Waals surface area contributed by atoms with Crippen molar-refractivity contribution in [2.45, 2.75) is 0 Å². The third kappa shape index (κ3) is 2.87. The first-order valence-corrected chi connectivity index (χ1v) is 9.16. The fourth-order valence-electron chi connectivity index (χ4n) is 2.93. The second kappa shape index (κ2) is 6.61. The van der Waals surface area contributed by atoms with Gasteiger partial charge in [0, 0.05) is 36.2 Å². The molecule has 1 amide bonds. The van der Waals surface area contributed by atoms with E-state index in [1.165, 1.54) is 0 Å². The lowest BCUT2D eigenvalue weighted by Gasteiger charge is -2.27. The zero-order valence-corrected chi connectivity index (χ0v) is 14.0. The number of rotatable bonds is 2.